The highest BCUT2D eigenvalue weighted by molar-refractivity contribution is 5.91. The van der Waals surface area contributed by atoms with Crippen molar-refractivity contribution in [3.8, 4) is 17.1 Å². The first-order valence-electron chi connectivity index (χ1n) is 16.2. The Morgan fingerprint density at radius 1 is 1.02 bits per heavy atom. The smallest absolute Gasteiger partial charge is 0.345 e. The van der Waals surface area contributed by atoms with Gasteiger partial charge in [0.2, 0.25) is 0 Å². The Morgan fingerprint density at radius 3 is 2.44 bits per heavy atom. The number of pyridine rings is 1. The van der Waals surface area contributed by atoms with Gasteiger partial charge in [-0.2, -0.15) is 0 Å². The normalized spacial score (nSPS) is 32.0. The minimum absolute atomic E-state index is 0.0280. The number of aromatic nitrogens is 1. The first kappa shape index (κ1) is 33.4. The maximum absolute atomic E-state index is 13.8. The summed E-state index contributed by atoms with van der Waals surface area (Å²) in [7, 11) is 0. The van der Waals surface area contributed by atoms with Crippen LogP contribution >= 0.6 is 0 Å². The largest absolute Gasteiger partial charge is 0.482 e. The monoisotopic (exact) mass is 659 g/mol. The van der Waals surface area contributed by atoms with Crippen LogP contribution in [0.5, 0.6) is 5.75 Å². The van der Waals surface area contributed by atoms with Crippen LogP contribution in [0.1, 0.15) is 81.5 Å². The highest BCUT2D eigenvalue weighted by atomic mass is 16.6. The van der Waals surface area contributed by atoms with Gasteiger partial charge in [0, 0.05) is 49.2 Å². The quantitative estimate of drug-likeness (QED) is 0.269. The molecule has 2 aliphatic carbocycles. The Morgan fingerprint density at radius 2 is 1.77 bits per heavy atom. The molecular formula is C37H41NO10. The summed E-state index contributed by atoms with van der Waals surface area (Å²) in [5.74, 6) is -2.42. The number of ether oxygens (including phenoxy) is 4. The number of aliphatic hydroxyl groups is 1. The van der Waals surface area contributed by atoms with E-state index in [4.69, 9.17) is 23.4 Å². The van der Waals surface area contributed by atoms with Gasteiger partial charge in [0.1, 0.15) is 41.5 Å². The average molecular weight is 660 g/mol. The van der Waals surface area contributed by atoms with Gasteiger partial charge >= 0.3 is 23.5 Å². The van der Waals surface area contributed by atoms with Gasteiger partial charge < -0.3 is 28.5 Å². The van der Waals surface area contributed by atoms with Gasteiger partial charge in [-0.25, -0.2) is 9.59 Å². The third-order valence-corrected chi connectivity index (χ3v) is 11.0. The number of aryl methyl sites for hydroxylation is 1. The molecule has 0 saturated heterocycles. The van der Waals surface area contributed by atoms with Crippen LogP contribution in [-0.2, 0) is 23.8 Å². The standard InChI is InChI=1S/C37H41NO10/c1-20-10-7-8-12-24(20)33(42)47-29-17-27-35(4,14-13-28(45-22(3)40)36(27,5)19-44-21(2)39)32-31(41)30-26(48-37(29,32)6)16-25(46-34(30)43)23-11-9-15-38-18-23/h7-12,15-16,18,27-29,31-32,41H,13-14,17,19H2,1-6H3/t27?,28-,29-,31-,32?,35-,36+,37+/m0/s1. The third-order valence-electron chi connectivity index (χ3n) is 11.0. The van der Waals surface area contributed by atoms with E-state index in [1.165, 1.54) is 13.8 Å². The number of carbonyl (C=O) groups is 3. The highest BCUT2D eigenvalue weighted by Crippen LogP contribution is 2.67. The Bertz CT molecular complexity index is 1800. The maximum atomic E-state index is 13.8. The van der Waals surface area contributed by atoms with Crippen LogP contribution < -0.4 is 10.4 Å². The van der Waals surface area contributed by atoms with Gasteiger partial charge in [0.25, 0.3) is 0 Å². The van der Waals surface area contributed by atoms with E-state index in [9.17, 15) is 24.3 Å². The summed E-state index contributed by atoms with van der Waals surface area (Å²) in [4.78, 5) is 56.0. The minimum atomic E-state index is -1.38. The van der Waals surface area contributed by atoms with Gasteiger partial charge in [-0.1, -0.05) is 32.0 Å². The van der Waals surface area contributed by atoms with Crippen LogP contribution in [0.4, 0.5) is 0 Å². The minimum Gasteiger partial charge on any atom is -0.482 e. The summed E-state index contributed by atoms with van der Waals surface area (Å²) in [5, 5.41) is 12.3. The molecule has 11 heteroatoms. The molecule has 3 heterocycles. The SMILES string of the molecule is CC(=O)OC[C@]1(C)C2C[C@H](OC(=O)c3ccccc3C)[C@@]3(C)Oc4cc(-c5cccnc5)oc(=O)c4[C@H](O)C3[C@@]2(C)CC[C@@H]1OC(C)=O. The summed E-state index contributed by atoms with van der Waals surface area (Å²) in [5.41, 5.74) is -2.18. The Labute approximate surface area is 278 Å². The van der Waals surface area contributed by atoms with Crippen molar-refractivity contribution in [2.45, 2.75) is 84.7 Å². The second kappa shape index (κ2) is 12.2. The molecule has 0 bridgehead atoms. The van der Waals surface area contributed by atoms with Crippen LogP contribution in [0.15, 0.2) is 64.1 Å². The van der Waals surface area contributed by atoms with Crippen LogP contribution in [-0.4, -0.2) is 52.4 Å². The number of benzene rings is 1. The fourth-order valence-electron chi connectivity index (χ4n) is 8.83. The zero-order valence-corrected chi connectivity index (χ0v) is 28.0. The predicted molar refractivity (Wildman–Crippen MR) is 172 cm³/mol. The van der Waals surface area contributed by atoms with Crippen LogP contribution in [0.25, 0.3) is 11.3 Å². The van der Waals surface area contributed by atoms with E-state index in [1.54, 1.807) is 49.6 Å². The molecule has 2 unspecified atom stereocenters. The van der Waals surface area contributed by atoms with Crippen LogP contribution in [0.2, 0.25) is 0 Å². The molecule has 1 aliphatic heterocycles. The molecule has 2 aromatic heterocycles. The molecule has 2 fully saturated rings. The van der Waals surface area contributed by atoms with Crippen molar-refractivity contribution in [2.75, 3.05) is 6.61 Å². The lowest BCUT2D eigenvalue weighted by Gasteiger charge is -2.66. The first-order valence-corrected chi connectivity index (χ1v) is 16.2. The fraction of sp³-hybridized carbons (Fsp3) is 0.486. The lowest BCUT2D eigenvalue weighted by Crippen LogP contribution is -2.71. The van der Waals surface area contributed by atoms with Crippen molar-refractivity contribution in [2.24, 2.45) is 22.7 Å². The lowest BCUT2D eigenvalue weighted by atomic mass is 9.42. The predicted octanol–water partition coefficient (Wildman–Crippen LogP) is 5.36. The van der Waals surface area contributed by atoms with E-state index in [0.717, 1.165) is 5.56 Å². The van der Waals surface area contributed by atoms with Crippen LogP contribution in [0.3, 0.4) is 0 Å². The number of esters is 3. The van der Waals surface area contributed by atoms with Crippen molar-refractivity contribution >= 4 is 17.9 Å². The van der Waals surface area contributed by atoms with Crippen molar-refractivity contribution < 1.29 is 42.9 Å². The Balaban J connectivity index is 1.51. The van der Waals surface area contributed by atoms with Crippen molar-refractivity contribution in [1.29, 1.82) is 0 Å². The number of nitrogens with zero attached hydrogens (tertiary/aromatic N) is 1. The number of carbonyl (C=O) groups excluding carboxylic acids is 3. The Hall–Kier alpha value is -4.51. The summed E-state index contributed by atoms with van der Waals surface area (Å²) in [6.45, 7) is 10.1. The molecular weight excluding hydrogens is 618 g/mol. The van der Waals surface area contributed by atoms with Gasteiger partial charge in [0.05, 0.1) is 11.7 Å². The highest BCUT2D eigenvalue weighted by Gasteiger charge is 2.71. The number of aliphatic hydroxyl groups excluding tert-OH is 1. The van der Waals surface area contributed by atoms with Gasteiger partial charge in [-0.15, -0.1) is 0 Å². The molecule has 0 amide bonds. The summed E-state index contributed by atoms with van der Waals surface area (Å²) >= 11 is 0. The number of fused-ring (bicyclic) bond motifs is 4. The molecule has 0 radical (unpaired) electrons. The van der Waals surface area contributed by atoms with Crippen LogP contribution in [0, 0.1) is 29.6 Å². The van der Waals surface area contributed by atoms with E-state index < -0.39 is 70.1 Å². The molecule has 1 N–H and O–H groups in total. The van der Waals surface area contributed by atoms with Crippen molar-refractivity contribution in [3.05, 3.63) is 82.0 Å². The van der Waals surface area contributed by atoms with Gasteiger partial charge in [-0.3, -0.25) is 14.6 Å². The molecule has 3 aromatic rings. The second-order valence-electron chi connectivity index (χ2n) is 14.1. The molecule has 254 valence electrons. The van der Waals surface area contributed by atoms with E-state index in [2.05, 4.69) is 4.98 Å². The molecule has 11 nitrogen and oxygen atoms in total. The first-order chi connectivity index (χ1) is 22.7. The zero-order valence-electron chi connectivity index (χ0n) is 28.0. The average Bonchev–Trinajstić information content (AvgIpc) is 3.02. The van der Waals surface area contributed by atoms with Crippen molar-refractivity contribution in [3.63, 3.8) is 0 Å². The van der Waals surface area contributed by atoms with Gasteiger partial charge in [0.15, 0.2) is 0 Å². The molecule has 48 heavy (non-hydrogen) atoms. The van der Waals surface area contributed by atoms with Gasteiger partial charge in [-0.05, 0) is 68.2 Å². The second-order valence-corrected chi connectivity index (χ2v) is 14.1. The van der Waals surface area contributed by atoms with E-state index in [-0.39, 0.29) is 30.1 Å². The zero-order chi connectivity index (χ0) is 34.6. The molecule has 2 saturated carbocycles. The number of rotatable bonds is 6. The maximum Gasteiger partial charge on any atom is 0.345 e. The molecule has 8 atom stereocenters. The molecule has 3 aliphatic rings. The summed E-state index contributed by atoms with van der Waals surface area (Å²) in [6, 6.07) is 12.1. The number of hydrogen-bond donors (Lipinski definition) is 1. The Kier molecular flexibility index (Phi) is 8.47. The molecule has 0 spiro atoms. The third kappa shape index (κ3) is 5.47. The molecule has 6 rings (SSSR count). The number of hydrogen-bond acceptors (Lipinski definition) is 11. The molecule has 1 aromatic carbocycles. The van der Waals surface area contributed by atoms with E-state index in [0.29, 0.717) is 24.0 Å². The fourth-order valence-corrected chi connectivity index (χ4v) is 8.83. The lowest BCUT2D eigenvalue weighted by molar-refractivity contribution is -0.266. The van der Waals surface area contributed by atoms with E-state index >= 15 is 0 Å². The topological polar surface area (TPSA) is 151 Å². The summed E-state index contributed by atoms with van der Waals surface area (Å²) < 4.78 is 30.3. The summed E-state index contributed by atoms with van der Waals surface area (Å²) in [6.07, 6.45) is 1.30. The van der Waals surface area contributed by atoms with E-state index in [1.807, 2.05) is 32.9 Å². The van der Waals surface area contributed by atoms with Crippen molar-refractivity contribution in [1.82, 2.24) is 4.98 Å².